The lowest BCUT2D eigenvalue weighted by molar-refractivity contribution is -0.0329. The maximum Gasteiger partial charge on any atom is 0.442 e. The summed E-state index contributed by atoms with van der Waals surface area (Å²) in [6.45, 7) is 0. The molecule has 1 rings (SSSR count). The van der Waals surface area contributed by atoms with E-state index < -0.39 is 5.51 Å². The zero-order chi connectivity index (χ0) is 10.6. The van der Waals surface area contributed by atoms with Gasteiger partial charge in [0, 0.05) is 5.75 Å². The molecule has 0 aliphatic heterocycles. The molecule has 0 radical (unpaired) electrons. The zero-order valence-corrected chi connectivity index (χ0v) is 7.82. The van der Waals surface area contributed by atoms with Gasteiger partial charge in [0.1, 0.15) is 0 Å². The minimum absolute atomic E-state index is 0.0828. The van der Waals surface area contributed by atoms with Crippen molar-refractivity contribution in [1.29, 1.82) is 5.26 Å². The predicted molar refractivity (Wildman–Crippen MR) is 48.5 cm³/mol. The molecule has 5 heteroatoms. The third-order valence-corrected chi connectivity index (χ3v) is 2.29. The molecule has 1 aromatic carbocycles. The molecular weight excluding hydrogens is 211 g/mol. The Labute approximate surface area is 83.5 Å². The van der Waals surface area contributed by atoms with Crippen molar-refractivity contribution in [2.45, 2.75) is 11.3 Å². The number of thioether (sulfide) groups is 1. The minimum Gasteiger partial charge on any atom is -0.192 e. The van der Waals surface area contributed by atoms with E-state index in [-0.39, 0.29) is 17.5 Å². The molecule has 0 saturated heterocycles. The number of nitriles is 1. The Bertz CT molecular complexity index is 337. The molecule has 0 fully saturated rings. The zero-order valence-electron chi connectivity index (χ0n) is 7.01. The average molecular weight is 217 g/mol. The number of rotatable bonds is 2. The van der Waals surface area contributed by atoms with Crippen molar-refractivity contribution >= 4 is 11.8 Å². The first-order chi connectivity index (χ1) is 6.51. The van der Waals surface area contributed by atoms with Gasteiger partial charge < -0.3 is 0 Å². The highest BCUT2D eigenvalue weighted by Gasteiger charge is 2.27. The van der Waals surface area contributed by atoms with E-state index in [0.717, 1.165) is 0 Å². The molecule has 0 aromatic heterocycles. The molecule has 0 bridgehead atoms. The van der Waals surface area contributed by atoms with E-state index in [9.17, 15) is 13.2 Å². The maximum absolute atomic E-state index is 11.8. The Morgan fingerprint density at radius 3 is 2.21 bits per heavy atom. The van der Waals surface area contributed by atoms with Crippen LogP contribution in [0.3, 0.4) is 0 Å². The molecule has 0 aliphatic carbocycles. The normalized spacial score (nSPS) is 11.0. The van der Waals surface area contributed by atoms with Crippen LogP contribution in [-0.4, -0.2) is 5.51 Å². The molecule has 0 amide bonds. The van der Waals surface area contributed by atoms with E-state index in [1.165, 1.54) is 24.3 Å². The molecule has 0 unspecified atom stereocenters. The summed E-state index contributed by atoms with van der Waals surface area (Å²) in [5, 5.41) is 8.45. The second kappa shape index (κ2) is 4.38. The van der Waals surface area contributed by atoms with Crippen molar-refractivity contribution in [1.82, 2.24) is 0 Å². The summed E-state index contributed by atoms with van der Waals surface area (Å²) in [4.78, 5) is 0. The molecule has 0 aliphatic rings. The molecule has 0 atom stereocenters. The summed E-state index contributed by atoms with van der Waals surface area (Å²) in [7, 11) is 0. The van der Waals surface area contributed by atoms with E-state index in [1.807, 2.05) is 6.07 Å². The van der Waals surface area contributed by atoms with Crippen molar-refractivity contribution in [3.63, 3.8) is 0 Å². The van der Waals surface area contributed by atoms with Crippen LogP contribution in [0.5, 0.6) is 0 Å². The molecular formula is C9H6F3NS. The number of halogens is 3. The lowest BCUT2D eigenvalue weighted by Gasteiger charge is -2.04. The fourth-order valence-electron chi connectivity index (χ4n) is 0.841. The summed E-state index contributed by atoms with van der Waals surface area (Å²) < 4.78 is 35.4. The molecule has 0 saturated carbocycles. The van der Waals surface area contributed by atoms with Gasteiger partial charge in [0.05, 0.1) is 11.6 Å². The Morgan fingerprint density at radius 2 is 1.79 bits per heavy atom. The SMILES string of the molecule is N#Cc1ccc(CSC(F)(F)F)cc1. The summed E-state index contributed by atoms with van der Waals surface area (Å²) in [6, 6.07) is 7.96. The van der Waals surface area contributed by atoms with E-state index in [1.54, 1.807) is 0 Å². The number of hydrogen-bond acceptors (Lipinski definition) is 2. The van der Waals surface area contributed by atoms with Crippen molar-refractivity contribution in [2.24, 2.45) is 0 Å². The first kappa shape index (κ1) is 10.9. The van der Waals surface area contributed by atoms with E-state index >= 15 is 0 Å². The topological polar surface area (TPSA) is 23.8 Å². The Balaban J connectivity index is 2.58. The van der Waals surface area contributed by atoms with E-state index in [0.29, 0.717) is 11.1 Å². The first-order valence-corrected chi connectivity index (χ1v) is 4.69. The molecule has 0 N–H and O–H groups in total. The first-order valence-electron chi connectivity index (χ1n) is 3.71. The summed E-state index contributed by atoms with van der Waals surface area (Å²) in [5.41, 5.74) is -3.19. The van der Waals surface area contributed by atoms with Gasteiger partial charge in [0.15, 0.2) is 0 Å². The minimum atomic E-state index is -4.20. The van der Waals surface area contributed by atoms with Gasteiger partial charge in [-0.3, -0.25) is 0 Å². The van der Waals surface area contributed by atoms with Crippen LogP contribution < -0.4 is 0 Å². The number of alkyl halides is 3. The van der Waals surface area contributed by atoms with Crippen LogP contribution in [0.4, 0.5) is 13.2 Å². The highest BCUT2D eigenvalue weighted by atomic mass is 32.2. The number of nitrogens with zero attached hydrogens (tertiary/aromatic N) is 1. The Kier molecular flexibility index (Phi) is 3.42. The molecule has 14 heavy (non-hydrogen) atoms. The van der Waals surface area contributed by atoms with Crippen LogP contribution in [0.2, 0.25) is 0 Å². The van der Waals surface area contributed by atoms with Gasteiger partial charge in [0.2, 0.25) is 0 Å². The fourth-order valence-corrected chi connectivity index (χ4v) is 1.36. The van der Waals surface area contributed by atoms with Crippen LogP contribution in [0, 0.1) is 11.3 Å². The van der Waals surface area contributed by atoms with E-state index in [4.69, 9.17) is 5.26 Å². The quantitative estimate of drug-likeness (QED) is 0.758. The highest BCUT2D eigenvalue weighted by molar-refractivity contribution is 7.99. The summed E-state index contributed by atoms with van der Waals surface area (Å²) in [5.74, 6) is -0.116. The van der Waals surface area contributed by atoms with Crippen molar-refractivity contribution in [3.8, 4) is 6.07 Å². The predicted octanol–water partition coefficient (Wildman–Crippen LogP) is 3.31. The molecule has 74 valence electrons. The van der Waals surface area contributed by atoms with Gasteiger partial charge in [-0.1, -0.05) is 12.1 Å². The van der Waals surface area contributed by atoms with E-state index in [2.05, 4.69) is 0 Å². The van der Waals surface area contributed by atoms with Gasteiger partial charge in [-0.25, -0.2) is 0 Å². The van der Waals surface area contributed by atoms with Gasteiger partial charge in [-0.2, -0.15) is 18.4 Å². The van der Waals surface area contributed by atoms with Crippen LogP contribution in [-0.2, 0) is 5.75 Å². The van der Waals surface area contributed by atoms with Crippen LogP contribution in [0.1, 0.15) is 11.1 Å². The van der Waals surface area contributed by atoms with Crippen molar-refractivity contribution < 1.29 is 13.2 Å². The number of hydrogen-bond donors (Lipinski definition) is 0. The van der Waals surface area contributed by atoms with Crippen LogP contribution in [0.25, 0.3) is 0 Å². The van der Waals surface area contributed by atoms with Crippen LogP contribution >= 0.6 is 11.8 Å². The lowest BCUT2D eigenvalue weighted by atomic mass is 10.2. The molecule has 1 nitrogen and oxygen atoms in total. The fraction of sp³-hybridized carbons (Fsp3) is 0.222. The van der Waals surface area contributed by atoms with Gasteiger partial charge in [0.25, 0.3) is 0 Å². The summed E-state index contributed by atoms with van der Waals surface area (Å²) >= 11 is -0.0828. The summed E-state index contributed by atoms with van der Waals surface area (Å²) in [6.07, 6.45) is 0. The largest absolute Gasteiger partial charge is 0.442 e. The second-order valence-corrected chi connectivity index (χ2v) is 3.58. The average Bonchev–Trinajstić information content (AvgIpc) is 2.14. The Morgan fingerprint density at radius 1 is 1.21 bits per heavy atom. The highest BCUT2D eigenvalue weighted by Crippen LogP contribution is 2.32. The van der Waals surface area contributed by atoms with Crippen molar-refractivity contribution in [2.75, 3.05) is 0 Å². The molecule has 1 aromatic rings. The lowest BCUT2D eigenvalue weighted by Crippen LogP contribution is -2.00. The third kappa shape index (κ3) is 3.71. The monoisotopic (exact) mass is 217 g/mol. The molecule has 0 spiro atoms. The second-order valence-electron chi connectivity index (χ2n) is 2.54. The van der Waals surface area contributed by atoms with Crippen molar-refractivity contribution in [3.05, 3.63) is 35.4 Å². The van der Waals surface area contributed by atoms with Gasteiger partial charge in [-0.15, -0.1) is 0 Å². The maximum atomic E-state index is 11.8. The number of benzene rings is 1. The standard InChI is InChI=1S/C9H6F3NS/c10-9(11,12)14-6-8-3-1-7(5-13)2-4-8/h1-4H,6H2. The Hall–Kier alpha value is -1.15. The van der Waals surface area contributed by atoms with Crippen LogP contribution in [0.15, 0.2) is 24.3 Å². The third-order valence-electron chi connectivity index (χ3n) is 1.49. The molecule has 0 heterocycles. The van der Waals surface area contributed by atoms with Gasteiger partial charge in [-0.05, 0) is 29.5 Å². The van der Waals surface area contributed by atoms with Gasteiger partial charge >= 0.3 is 5.51 Å². The smallest absolute Gasteiger partial charge is 0.192 e.